The van der Waals surface area contributed by atoms with Crippen LogP contribution >= 0.6 is 0 Å². The molecule has 0 atom stereocenters. The van der Waals surface area contributed by atoms with E-state index in [4.69, 9.17) is 4.42 Å². The van der Waals surface area contributed by atoms with Crippen molar-refractivity contribution in [1.29, 1.82) is 0 Å². The summed E-state index contributed by atoms with van der Waals surface area (Å²) in [7, 11) is 0. The van der Waals surface area contributed by atoms with E-state index in [1.807, 2.05) is 12.1 Å². The number of nitrogens with zero attached hydrogens (tertiary/aromatic N) is 2. The van der Waals surface area contributed by atoms with Gasteiger partial charge in [0.15, 0.2) is 0 Å². The van der Waals surface area contributed by atoms with Crippen LogP contribution in [0, 0.1) is 0 Å². The molecule has 2 aromatic heterocycles. The molecule has 3 heteroatoms. The number of anilines is 3. The van der Waals surface area contributed by atoms with E-state index < -0.39 is 0 Å². The summed E-state index contributed by atoms with van der Waals surface area (Å²) in [5.41, 5.74) is 13.3. The fourth-order valence-electron chi connectivity index (χ4n) is 7.56. The first-order valence-corrected chi connectivity index (χ1v) is 17.3. The topological polar surface area (TPSA) is 21.3 Å². The van der Waals surface area contributed by atoms with Crippen molar-refractivity contribution < 1.29 is 4.42 Å². The molecule has 2 heterocycles. The Morgan fingerprint density at radius 2 is 0.922 bits per heavy atom. The Balaban J connectivity index is 1.10. The normalized spacial score (nSPS) is 11.5. The van der Waals surface area contributed by atoms with Gasteiger partial charge in [-0.3, -0.25) is 0 Å². The Hall–Kier alpha value is -6.84. The van der Waals surface area contributed by atoms with Crippen LogP contribution in [0.4, 0.5) is 17.1 Å². The molecule has 0 saturated heterocycles. The molecule has 0 amide bonds. The van der Waals surface area contributed by atoms with Gasteiger partial charge in [-0.1, -0.05) is 121 Å². The van der Waals surface area contributed by atoms with Gasteiger partial charge in [0.1, 0.15) is 11.2 Å². The van der Waals surface area contributed by atoms with Gasteiger partial charge < -0.3 is 13.9 Å². The lowest BCUT2D eigenvalue weighted by atomic mass is 10.0. The number of benzene rings is 8. The van der Waals surface area contributed by atoms with E-state index >= 15 is 0 Å². The highest BCUT2D eigenvalue weighted by atomic mass is 16.3. The van der Waals surface area contributed by atoms with Crippen LogP contribution in [-0.2, 0) is 0 Å². The standard InChI is InChI=1S/C48H32N2O/c1-3-12-33(13-4-1)34-22-25-38(26-23-34)50-45-20-9-7-18-41(45)42-28-24-36(31-46(42)50)35-14-11-17-39(30-35)49(37-15-5-2-6-16-37)40-27-29-48-44(32-40)43-19-8-10-21-47(43)51-48/h1-32H. The predicted molar refractivity (Wildman–Crippen MR) is 214 cm³/mol. The summed E-state index contributed by atoms with van der Waals surface area (Å²) in [6, 6.07) is 69.2. The summed E-state index contributed by atoms with van der Waals surface area (Å²) in [6.07, 6.45) is 0. The predicted octanol–water partition coefficient (Wildman–Crippen LogP) is 13.5. The van der Waals surface area contributed by atoms with Gasteiger partial charge in [0.25, 0.3) is 0 Å². The largest absolute Gasteiger partial charge is 0.456 e. The van der Waals surface area contributed by atoms with E-state index in [1.165, 1.54) is 38.5 Å². The quantitative estimate of drug-likeness (QED) is 0.178. The fourth-order valence-corrected chi connectivity index (χ4v) is 7.56. The van der Waals surface area contributed by atoms with Crippen LogP contribution in [0.1, 0.15) is 0 Å². The van der Waals surface area contributed by atoms with E-state index in [0.717, 1.165) is 50.3 Å². The Labute approximate surface area is 295 Å². The van der Waals surface area contributed by atoms with Gasteiger partial charge >= 0.3 is 0 Å². The van der Waals surface area contributed by atoms with Crippen molar-refractivity contribution in [1.82, 2.24) is 4.57 Å². The number of hydrogen-bond donors (Lipinski definition) is 0. The second-order valence-corrected chi connectivity index (χ2v) is 13.0. The highest BCUT2D eigenvalue weighted by molar-refractivity contribution is 6.10. The fraction of sp³-hybridized carbons (Fsp3) is 0. The van der Waals surface area contributed by atoms with Gasteiger partial charge in [-0.15, -0.1) is 0 Å². The number of furan rings is 1. The molecule has 0 aliphatic rings. The van der Waals surface area contributed by atoms with E-state index in [-0.39, 0.29) is 0 Å². The number of hydrogen-bond acceptors (Lipinski definition) is 2. The molecule has 0 unspecified atom stereocenters. The van der Waals surface area contributed by atoms with Crippen molar-refractivity contribution in [2.24, 2.45) is 0 Å². The van der Waals surface area contributed by atoms with Crippen molar-refractivity contribution in [3.05, 3.63) is 194 Å². The smallest absolute Gasteiger partial charge is 0.135 e. The van der Waals surface area contributed by atoms with Gasteiger partial charge in [0.2, 0.25) is 0 Å². The van der Waals surface area contributed by atoms with Crippen LogP contribution in [0.25, 0.3) is 71.7 Å². The Morgan fingerprint density at radius 1 is 0.333 bits per heavy atom. The summed E-state index contributed by atoms with van der Waals surface area (Å²) in [5, 5.41) is 4.71. The molecule has 240 valence electrons. The lowest BCUT2D eigenvalue weighted by Gasteiger charge is -2.26. The molecule has 0 bridgehead atoms. The summed E-state index contributed by atoms with van der Waals surface area (Å²) in [4.78, 5) is 2.33. The van der Waals surface area contributed by atoms with E-state index in [1.54, 1.807) is 0 Å². The van der Waals surface area contributed by atoms with Crippen molar-refractivity contribution in [3.63, 3.8) is 0 Å². The van der Waals surface area contributed by atoms with E-state index in [2.05, 4.69) is 191 Å². The first-order valence-electron chi connectivity index (χ1n) is 17.3. The minimum Gasteiger partial charge on any atom is -0.456 e. The maximum Gasteiger partial charge on any atom is 0.135 e. The molecule has 51 heavy (non-hydrogen) atoms. The Morgan fingerprint density at radius 3 is 1.76 bits per heavy atom. The summed E-state index contributed by atoms with van der Waals surface area (Å²) in [5.74, 6) is 0. The van der Waals surface area contributed by atoms with Crippen molar-refractivity contribution in [2.75, 3.05) is 4.90 Å². The second kappa shape index (κ2) is 11.9. The highest BCUT2D eigenvalue weighted by Crippen LogP contribution is 2.41. The zero-order valence-electron chi connectivity index (χ0n) is 27.8. The molecular weight excluding hydrogens is 621 g/mol. The summed E-state index contributed by atoms with van der Waals surface area (Å²) < 4.78 is 8.58. The van der Waals surface area contributed by atoms with Crippen LogP contribution in [0.5, 0.6) is 0 Å². The number of para-hydroxylation sites is 3. The first-order chi connectivity index (χ1) is 25.3. The number of rotatable bonds is 6. The lowest BCUT2D eigenvalue weighted by molar-refractivity contribution is 0.669. The molecule has 0 spiro atoms. The van der Waals surface area contributed by atoms with Gasteiger partial charge in [0.05, 0.1) is 11.0 Å². The molecule has 10 rings (SSSR count). The van der Waals surface area contributed by atoms with E-state index in [0.29, 0.717) is 0 Å². The van der Waals surface area contributed by atoms with Crippen LogP contribution in [0.15, 0.2) is 199 Å². The average Bonchev–Trinajstić information content (AvgIpc) is 3.74. The first kappa shape index (κ1) is 29.1. The third kappa shape index (κ3) is 4.98. The van der Waals surface area contributed by atoms with Crippen LogP contribution < -0.4 is 4.90 Å². The number of fused-ring (bicyclic) bond motifs is 6. The summed E-state index contributed by atoms with van der Waals surface area (Å²) in [6.45, 7) is 0. The Bertz CT molecular complexity index is 2850. The molecular formula is C48H32N2O. The van der Waals surface area contributed by atoms with Gasteiger partial charge in [-0.25, -0.2) is 0 Å². The van der Waals surface area contributed by atoms with E-state index in [9.17, 15) is 0 Å². The maximum atomic E-state index is 6.18. The average molecular weight is 653 g/mol. The van der Waals surface area contributed by atoms with Crippen LogP contribution in [0.2, 0.25) is 0 Å². The minimum absolute atomic E-state index is 0.889. The van der Waals surface area contributed by atoms with Crippen molar-refractivity contribution >= 4 is 60.8 Å². The molecule has 0 aliphatic heterocycles. The Kier molecular flexibility index (Phi) is 6.81. The molecule has 3 nitrogen and oxygen atoms in total. The molecule has 0 fully saturated rings. The third-order valence-electron chi connectivity index (χ3n) is 9.98. The SMILES string of the molecule is c1ccc(-c2ccc(-n3c4ccccc4c4ccc(-c5cccc(N(c6ccccc6)c6ccc7oc8ccccc8c7c6)c5)cc43)cc2)cc1. The van der Waals surface area contributed by atoms with Crippen LogP contribution in [0.3, 0.4) is 0 Å². The zero-order chi connectivity index (χ0) is 33.7. The van der Waals surface area contributed by atoms with Gasteiger partial charge in [-0.2, -0.15) is 0 Å². The van der Waals surface area contributed by atoms with Crippen molar-refractivity contribution in [3.8, 4) is 27.9 Å². The minimum atomic E-state index is 0.889. The lowest BCUT2D eigenvalue weighted by Crippen LogP contribution is -2.09. The highest BCUT2D eigenvalue weighted by Gasteiger charge is 2.17. The molecule has 0 N–H and O–H groups in total. The zero-order valence-corrected chi connectivity index (χ0v) is 27.8. The monoisotopic (exact) mass is 652 g/mol. The molecule has 8 aromatic carbocycles. The van der Waals surface area contributed by atoms with Gasteiger partial charge in [-0.05, 0) is 95.1 Å². The second-order valence-electron chi connectivity index (χ2n) is 13.0. The molecule has 0 aliphatic carbocycles. The maximum absolute atomic E-state index is 6.18. The molecule has 0 saturated carbocycles. The number of aromatic nitrogens is 1. The van der Waals surface area contributed by atoms with Crippen molar-refractivity contribution in [2.45, 2.75) is 0 Å². The summed E-state index contributed by atoms with van der Waals surface area (Å²) >= 11 is 0. The molecule has 10 aromatic rings. The van der Waals surface area contributed by atoms with Crippen LogP contribution in [-0.4, -0.2) is 4.57 Å². The molecule has 0 radical (unpaired) electrons. The third-order valence-corrected chi connectivity index (χ3v) is 9.98. The van der Waals surface area contributed by atoms with Gasteiger partial charge in [0, 0.05) is 44.3 Å².